The van der Waals surface area contributed by atoms with Gasteiger partial charge in [0.05, 0.1) is 10.6 Å². The van der Waals surface area contributed by atoms with E-state index in [0.29, 0.717) is 16.5 Å². The summed E-state index contributed by atoms with van der Waals surface area (Å²) < 4.78 is 27.5. The molecule has 0 amide bonds. The van der Waals surface area contributed by atoms with Crippen LogP contribution in [0, 0.1) is 18.4 Å². The molecule has 0 aliphatic heterocycles. The highest BCUT2D eigenvalue weighted by atomic mass is 32.2. The van der Waals surface area contributed by atoms with Gasteiger partial charge in [-0.25, -0.2) is 13.4 Å². The zero-order valence-electron chi connectivity index (χ0n) is 13.1. The molecule has 0 heterocycles. The van der Waals surface area contributed by atoms with E-state index in [1.165, 1.54) is 23.9 Å². The van der Waals surface area contributed by atoms with Crippen LogP contribution in [0.2, 0.25) is 0 Å². The summed E-state index contributed by atoms with van der Waals surface area (Å²) in [5, 5.41) is 11.5. The molecule has 6 nitrogen and oxygen atoms in total. The third-order valence-corrected chi connectivity index (χ3v) is 4.98. The van der Waals surface area contributed by atoms with Gasteiger partial charge in [0.15, 0.2) is 11.4 Å². The summed E-state index contributed by atoms with van der Waals surface area (Å²) in [6.07, 6.45) is 3.56. The van der Waals surface area contributed by atoms with Crippen LogP contribution in [0.25, 0.3) is 0 Å². The molecule has 0 aliphatic rings. The van der Waals surface area contributed by atoms with Gasteiger partial charge in [-0.05, 0) is 43.5 Å². The number of hydrogen-bond donors (Lipinski definition) is 2. The van der Waals surface area contributed by atoms with Crippen LogP contribution in [0.15, 0.2) is 58.4 Å². The van der Waals surface area contributed by atoms with E-state index in [0.717, 1.165) is 5.56 Å². The average molecular weight is 360 g/mol. The number of aliphatic imine (C=N–C) groups is 1. The van der Waals surface area contributed by atoms with Gasteiger partial charge in [0.25, 0.3) is 10.0 Å². The molecular weight excluding hydrogens is 344 g/mol. The number of thioether (sulfide) groups is 1. The van der Waals surface area contributed by atoms with E-state index in [1.807, 2.05) is 19.1 Å². The fourth-order valence-corrected chi connectivity index (χ4v) is 3.29. The van der Waals surface area contributed by atoms with Crippen molar-refractivity contribution in [3.05, 3.63) is 54.1 Å². The van der Waals surface area contributed by atoms with Gasteiger partial charge >= 0.3 is 0 Å². The first-order valence-electron chi connectivity index (χ1n) is 6.92. The van der Waals surface area contributed by atoms with Crippen LogP contribution in [0.4, 0.5) is 11.4 Å². The summed E-state index contributed by atoms with van der Waals surface area (Å²) in [7, 11) is -3.71. The number of hydrogen-bond acceptors (Lipinski definition) is 5. The minimum atomic E-state index is -3.71. The SMILES string of the molecule is CSC(=Nc1cccc(S(=O)(=O)Nc2ccc(C)cc2)c1)NC#N. The number of nitrogens with zero attached hydrogens (tertiary/aromatic N) is 2. The van der Waals surface area contributed by atoms with Crippen molar-refractivity contribution in [3.8, 4) is 6.19 Å². The van der Waals surface area contributed by atoms with Crippen molar-refractivity contribution < 1.29 is 8.42 Å². The van der Waals surface area contributed by atoms with Gasteiger partial charge in [0.1, 0.15) is 0 Å². The molecule has 0 bridgehead atoms. The summed E-state index contributed by atoms with van der Waals surface area (Å²) in [5.41, 5.74) is 1.98. The molecule has 2 N–H and O–H groups in total. The Labute approximate surface area is 145 Å². The molecule has 0 radical (unpaired) electrons. The topological polar surface area (TPSA) is 94.3 Å². The molecule has 24 heavy (non-hydrogen) atoms. The van der Waals surface area contributed by atoms with Gasteiger partial charge in [-0.2, -0.15) is 5.26 Å². The fraction of sp³-hybridized carbons (Fsp3) is 0.125. The first-order chi connectivity index (χ1) is 11.4. The van der Waals surface area contributed by atoms with Crippen LogP contribution >= 0.6 is 11.8 Å². The number of nitrogens with one attached hydrogen (secondary N) is 2. The van der Waals surface area contributed by atoms with Gasteiger partial charge in [-0.1, -0.05) is 35.5 Å². The minimum Gasteiger partial charge on any atom is -0.280 e. The molecule has 2 rings (SSSR count). The lowest BCUT2D eigenvalue weighted by Gasteiger charge is -2.09. The van der Waals surface area contributed by atoms with Crippen molar-refractivity contribution in [2.45, 2.75) is 11.8 Å². The highest BCUT2D eigenvalue weighted by Crippen LogP contribution is 2.22. The first kappa shape index (κ1) is 17.8. The molecule has 2 aromatic rings. The normalized spacial score (nSPS) is 11.6. The quantitative estimate of drug-likeness (QED) is 0.378. The van der Waals surface area contributed by atoms with Crippen LogP contribution in [-0.2, 0) is 10.0 Å². The number of nitriles is 1. The summed E-state index contributed by atoms with van der Waals surface area (Å²) >= 11 is 1.26. The fourth-order valence-electron chi connectivity index (χ4n) is 1.85. The van der Waals surface area contributed by atoms with E-state index < -0.39 is 10.0 Å². The molecule has 0 spiro atoms. The molecule has 0 saturated heterocycles. The van der Waals surface area contributed by atoms with Gasteiger partial charge < -0.3 is 0 Å². The van der Waals surface area contributed by atoms with Gasteiger partial charge in [0, 0.05) is 5.69 Å². The summed E-state index contributed by atoms with van der Waals surface area (Å²) in [4.78, 5) is 4.31. The maximum Gasteiger partial charge on any atom is 0.261 e. The molecule has 0 aromatic heterocycles. The molecule has 0 saturated carbocycles. The van der Waals surface area contributed by atoms with Crippen LogP contribution in [0.5, 0.6) is 0 Å². The summed E-state index contributed by atoms with van der Waals surface area (Å²) in [6.45, 7) is 1.93. The monoisotopic (exact) mass is 360 g/mol. The lowest BCUT2D eigenvalue weighted by molar-refractivity contribution is 0.601. The molecule has 2 aromatic carbocycles. The Balaban J connectivity index is 2.29. The Morgan fingerprint density at radius 3 is 2.54 bits per heavy atom. The molecule has 8 heteroatoms. The molecular formula is C16H16N4O2S2. The Kier molecular flexibility index (Phi) is 5.84. The lowest BCUT2D eigenvalue weighted by Crippen LogP contribution is -2.13. The van der Waals surface area contributed by atoms with E-state index in [-0.39, 0.29) is 4.90 Å². The Bertz CT molecular complexity index is 885. The maximum atomic E-state index is 12.5. The van der Waals surface area contributed by atoms with Gasteiger partial charge in [-0.15, -0.1) is 0 Å². The van der Waals surface area contributed by atoms with Crippen LogP contribution in [0.3, 0.4) is 0 Å². The van der Waals surface area contributed by atoms with Gasteiger partial charge in [0.2, 0.25) is 0 Å². The lowest BCUT2D eigenvalue weighted by atomic mass is 10.2. The molecule has 124 valence electrons. The minimum absolute atomic E-state index is 0.0988. The smallest absolute Gasteiger partial charge is 0.261 e. The standard InChI is InChI=1S/C16H16N4O2S2/c1-12-6-8-13(9-7-12)20-24(21,22)15-5-3-4-14(10-15)19-16(23-2)18-11-17/h3-10,20H,1-2H3,(H,18,19). The van der Waals surface area contributed by atoms with Crippen molar-refractivity contribution in [2.24, 2.45) is 4.99 Å². The Morgan fingerprint density at radius 1 is 1.21 bits per heavy atom. The van der Waals surface area contributed by atoms with E-state index >= 15 is 0 Å². The number of anilines is 1. The van der Waals surface area contributed by atoms with E-state index in [2.05, 4.69) is 15.0 Å². The predicted octanol–water partition coefficient (Wildman–Crippen LogP) is 3.22. The number of amidine groups is 1. The predicted molar refractivity (Wildman–Crippen MR) is 97.8 cm³/mol. The number of aryl methyl sites for hydroxylation is 1. The third-order valence-electron chi connectivity index (χ3n) is 3.02. The molecule has 0 aliphatic carbocycles. The maximum absolute atomic E-state index is 12.5. The van der Waals surface area contributed by atoms with E-state index in [4.69, 9.17) is 5.26 Å². The highest BCUT2D eigenvalue weighted by molar-refractivity contribution is 8.13. The summed E-state index contributed by atoms with van der Waals surface area (Å²) in [6, 6.07) is 13.3. The molecule has 0 unspecified atom stereocenters. The van der Waals surface area contributed by atoms with Crippen molar-refractivity contribution >= 4 is 38.3 Å². The zero-order valence-corrected chi connectivity index (χ0v) is 14.8. The largest absolute Gasteiger partial charge is 0.280 e. The van der Waals surface area contributed by atoms with Crippen molar-refractivity contribution in [1.82, 2.24) is 5.32 Å². The van der Waals surface area contributed by atoms with Crippen molar-refractivity contribution in [3.63, 3.8) is 0 Å². The Morgan fingerprint density at radius 2 is 1.92 bits per heavy atom. The van der Waals surface area contributed by atoms with Crippen molar-refractivity contribution in [2.75, 3.05) is 11.0 Å². The van der Waals surface area contributed by atoms with Crippen LogP contribution in [0.1, 0.15) is 5.56 Å². The van der Waals surface area contributed by atoms with E-state index in [9.17, 15) is 8.42 Å². The van der Waals surface area contributed by atoms with Crippen LogP contribution in [-0.4, -0.2) is 19.8 Å². The highest BCUT2D eigenvalue weighted by Gasteiger charge is 2.14. The average Bonchev–Trinajstić information content (AvgIpc) is 2.56. The molecule has 0 atom stereocenters. The van der Waals surface area contributed by atoms with E-state index in [1.54, 1.807) is 36.7 Å². The van der Waals surface area contributed by atoms with Gasteiger partial charge in [-0.3, -0.25) is 10.0 Å². The number of rotatable bonds is 4. The Hall–Kier alpha value is -2.50. The molecule has 0 fully saturated rings. The summed E-state index contributed by atoms with van der Waals surface area (Å²) in [5.74, 6) is 0. The number of sulfonamides is 1. The van der Waals surface area contributed by atoms with Crippen LogP contribution < -0.4 is 10.0 Å². The second kappa shape index (κ2) is 7.86. The first-order valence-corrected chi connectivity index (χ1v) is 9.63. The zero-order chi connectivity index (χ0) is 17.6. The second-order valence-electron chi connectivity index (χ2n) is 4.83. The van der Waals surface area contributed by atoms with Crippen molar-refractivity contribution in [1.29, 1.82) is 5.26 Å². The second-order valence-corrected chi connectivity index (χ2v) is 7.30. The third kappa shape index (κ3) is 4.75. The number of benzene rings is 2.